The smallest absolute Gasteiger partial charge is 0.164 e. The van der Waals surface area contributed by atoms with Crippen LogP contribution >= 0.6 is 0 Å². The fraction of sp³-hybridized carbons (Fsp3) is 0. The molecule has 0 aliphatic heterocycles. The summed E-state index contributed by atoms with van der Waals surface area (Å²) in [6.07, 6.45) is 0. The molecule has 0 spiro atoms. The summed E-state index contributed by atoms with van der Waals surface area (Å²) in [6, 6.07) is 79.3. The van der Waals surface area contributed by atoms with Crippen LogP contribution in [-0.2, 0) is 0 Å². The average molecular weight is 792 g/mol. The normalized spacial score (nSPS) is 11.5. The molecule has 0 saturated carbocycles. The molecule has 0 aliphatic rings. The molecule has 0 unspecified atom stereocenters. The zero-order valence-electron chi connectivity index (χ0n) is 33.6. The Morgan fingerprint density at radius 1 is 0.242 bits per heavy atom. The second kappa shape index (κ2) is 14.7. The standard InChI is InChI=1S/C57H37N5/c1-4-19-38(20-5-1)41-25-18-26-42(35-41)56-58-55(40-23-8-3-9-24-40)59-57(60-56)43-36-52(61-48-31-14-10-27-44(48)45-28-11-15-32-49(45)61)54(39-21-6-2-7-22-39)53(37-43)62-50-33-16-12-29-46(50)47-30-13-17-34-51(47)62/h1-37H. The highest BCUT2D eigenvalue weighted by Gasteiger charge is 2.24. The van der Waals surface area contributed by atoms with E-state index in [9.17, 15) is 0 Å². The molecule has 0 aliphatic carbocycles. The van der Waals surface area contributed by atoms with E-state index in [1.807, 2.05) is 24.3 Å². The third kappa shape index (κ3) is 5.90. The molecular formula is C57H37N5. The summed E-state index contributed by atoms with van der Waals surface area (Å²) in [5, 5.41) is 4.77. The summed E-state index contributed by atoms with van der Waals surface area (Å²) in [5.74, 6) is 1.80. The molecule has 12 aromatic rings. The van der Waals surface area contributed by atoms with Crippen LogP contribution in [0.5, 0.6) is 0 Å². The summed E-state index contributed by atoms with van der Waals surface area (Å²) in [6.45, 7) is 0. The van der Waals surface area contributed by atoms with Crippen molar-refractivity contribution in [3.05, 3.63) is 224 Å². The van der Waals surface area contributed by atoms with E-state index in [1.54, 1.807) is 0 Å². The number of hydrogen-bond acceptors (Lipinski definition) is 3. The molecule has 0 radical (unpaired) electrons. The minimum Gasteiger partial charge on any atom is -0.309 e. The molecule has 3 aromatic heterocycles. The van der Waals surface area contributed by atoms with Gasteiger partial charge in [-0.1, -0.05) is 182 Å². The fourth-order valence-corrected chi connectivity index (χ4v) is 9.18. The van der Waals surface area contributed by atoms with Gasteiger partial charge in [-0.05, 0) is 59.2 Å². The lowest BCUT2D eigenvalue weighted by Gasteiger charge is -2.22. The van der Waals surface area contributed by atoms with Gasteiger partial charge in [-0.2, -0.15) is 0 Å². The van der Waals surface area contributed by atoms with Gasteiger partial charge in [-0.25, -0.2) is 15.0 Å². The SMILES string of the molecule is c1ccc(-c2cccc(-c3nc(-c4ccccc4)nc(-c4cc(-n5c6ccccc6c6ccccc65)c(-c5ccccc5)c(-n5c6ccccc6c6ccccc65)c4)n3)c2)cc1. The molecule has 0 atom stereocenters. The molecule has 62 heavy (non-hydrogen) atoms. The van der Waals surface area contributed by atoms with Gasteiger partial charge in [0.15, 0.2) is 17.5 Å². The van der Waals surface area contributed by atoms with Gasteiger partial charge < -0.3 is 9.13 Å². The molecule has 12 rings (SSSR count). The summed E-state index contributed by atoms with van der Waals surface area (Å²) in [4.78, 5) is 15.9. The van der Waals surface area contributed by atoms with Gasteiger partial charge in [0.2, 0.25) is 0 Å². The van der Waals surface area contributed by atoms with Crippen molar-refractivity contribution in [2.75, 3.05) is 0 Å². The Hall–Kier alpha value is -8.41. The Morgan fingerprint density at radius 3 is 1.05 bits per heavy atom. The van der Waals surface area contributed by atoms with Crippen LogP contribution in [0, 0.1) is 0 Å². The fourth-order valence-electron chi connectivity index (χ4n) is 9.18. The topological polar surface area (TPSA) is 48.5 Å². The lowest BCUT2D eigenvalue weighted by atomic mass is 9.97. The van der Waals surface area contributed by atoms with Crippen LogP contribution in [0.25, 0.3) is 111 Å². The third-order valence-corrected chi connectivity index (χ3v) is 12.0. The minimum atomic E-state index is 0.586. The number of hydrogen-bond donors (Lipinski definition) is 0. The first-order valence-electron chi connectivity index (χ1n) is 21.0. The molecule has 0 saturated heterocycles. The number of rotatable bonds is 7. The number of para-hydroxylation sites is 4. The van der Waals surface area contributed by atoms with E-state index in [4.69, 9.17) is 15.0 Å². The van der Waals surface area contributed by atoms with Crippen LogP contribution in [0.2, 0.25) is 0 Å². The Kier molecular flexibility index (Phi) is 8.42. The Bertz CT molecular complexity index is 3380. The molecule has 5 nitrogen and oxygen atoms in total. The predicted octanol–water partition coefficient (Wildman–Crippen LogP) is 14.4. The number of aromatic nitrogens is 5. The van der Waals surface area contributed by atoms with Crippen LogP contribution in [0.15, 0.2) is 224 Å². The molecule has 9 aromatic carbocycles. The van der Waals surface area contributed by atoms with E-state index in [2.05, 4.69) is 209 Å². The van der Waals surface area contributed by atoms with Crippen LogP contribution in [-0.4, -0.2) is 24.1 Å². The Morgan fingerprint density at radius 2 is 0.581 bits per heavy atom. The summed E-state index contributed by atoms with van der Waals surface area (Å²) in [7, 11) is 0. The van der Waals surface area contributed by atoms with Gasteiger partial charge in [0.05, 0.1) is 33.4 Å². The Labute approximate surface area is 358 Å². The van der Waals surface area contributed by atoms with Gasteiger partial charge in [0.25, 0.3) is 0 Å². The van der Waals surface area contributed by atoms with Gasteiger partial charge >= 0.3 is 0 Å². The maximum Gasteiger partial charge on any atom is 0.164 e. The molecule has 290 valence electrons. The van der Waals surface area contributed by atoms with E-state index in [-0.39, 0.29) is 0 Å². The number of benzene rings is 9. The second-order valence-corrected chi connectivity index (χ2v) is 15.6. The van der Waals surface area contributed by atoms with Crippen LogP contribution in [0.3, 0.4) is 0 Å². The zero-order chi connectivity index (χ0) is 41.0. The van der Waals surface area contributed by atoms with Crippen molar-refractivity contribution < 1.29 is 0 Å². The maximum atomic E-state index is 5.39. The van der Waals surface area contributed by atoms with Gasteiger partial charge in [-0.3, -0.25) is 0 Å². The van der Waals surface area contributed by atoms with Crippen molar-refractivity contribution in [1.29, 1.82) is 0 Å². The predicted molar refractivity (Wildman–Crippen MR) is 256 cm³/mol. The zero-order valence-corrected chi connectivity index (χ0v) is 33.6. The van der Waals surface area contributed by atoms with Crippen LogP contribution in [0.4, 0.5) is 0 Å². The van der Waals surface area contributed by atoms with Crippen molar-refractivity contribution in [2.45, 2.75) is 0 Å². The first kappa shape index (κ1) is 35.5. The van der Waals surface area contributed by atoms with Crippen molar-refractivity contribution in [3.8, 4) is 67.8 Å². The van der Waals surface area contributed by atoms with E-state index in [1.165, 1.54) is 21.5 Å². The second-order valence-electron chi connectivity index (χ2n) is 15.6. The molecule has 0 N–H and O–H groups in total. The first-order valence-corrected chi connectivity index (χ1v) is 21.0. The molecule has 5 heteroatoms. The maximum absolute atomic E-state index is 5.39. The van der Waals surface area contributed by atoms with Gasteiger partial charge in [0.1, 0.15) is 0 Å². The van der Waals surface area contributed by atoms with E-state index < -0.39 is 0 Å². The van der Waals surface area contributed by atoms with Crippen molar-refractivity contribution in [2.24, 2.45) is 0 Å². The Balaban J connectivity index is 1.22. The molecule has 3 heterocycles. The van der Waals surface area contributed by atoms with E-state index in [0.29, 0.717) is 17.5 Å². The number of nitrogens with zero attached hydrogens (tertiary/aromatic N) is 5. The van der Waals surface area contributed by atoms with E-state index >= 15 is 0 Å². The highest BCUT2D eigenvalue weighted by molar-refractivity contribution is 6.12. The average Bonchev–Trinajstić information content (AvgIpc) is 3.87. The highest BCUT2D eigenvalue weighted by Crippen LogP contribution is 2.44. The molecular weight excluding hydrogens is 755 g/mol. The first-order chi connectivity index (χ1) is 30.8. The van der Waals surface area contributed by atoms with Crippen LogP contribution in [0.1, 0.15) is 0 Å². The summed E-state index contributed by atoms with van der Waals surface area (Å²) >= 11 is 0. The van der Waals surface area contributed by atoms with Crippen molar-refractivity contribution in [1.82, 2.24) is 24.1 Å². The minimum absolute atomic E-state index is 0.586. The number of fused-ring (bicyclic) bond motifs is 6. The van der Waals surface area contributed by atoms with Gasteiger partial charge in [0, 0.05) is 43.8 Å². The molecule has 0 bridgehead atoms. The summed E-state index contributed by atoms with van der Waals surface area (Å²) < 4.78 is 4.86. The largest absolute Gasteiger partial charge is 0.309 e. The molecule has 0 amide bonds. The van der Waals surface area contributed by atoms with Crippen LogP contribution < -0.4 is 0 Å². The van der Waals surface area contributed by atoms with Gasteiger partial charge in [-0.15, -0.1) is 0 Å². The monoisotopic (exact) mass is 791 g/mol. The highest BCUT2D eigenvalue weighted by atomic mass is 15.1. The lowest BCUT2D eigenvalue weighted by Crippen LogP contribution is -2.06. The van der Waals surface area contributed by atoms with E-state index in [0.717, 1.165) is 72.4 Å². The summed E-state index contributed by atoms with van der Waals surface area (Å²) in [5.41, 5.74) is 13.7. The van der Waals surface area contributed by atoms with Crippen molar-refractivity contribution in [3.63, 3.8) is 0 Å². The third-order valence-electron chi connectivity index (χ3n) is 12.0. The lowest BCUT2D eigenvalue weighted by molar-refractivity contribution is 1.07. The molecule has 0 fully saturated rings. The quantitative estimate of drug-likeness (QED) is 0.162. The van der Waals surface area contributed by atoms with Crippen molar-refractivity contribution >= 4 is 43.6 Å².